The zero-order chi connectivity index (χ0) is 13.0. The van der Waals surface area contributed by atoms with Gasteiger partial charge in [-0.2, -0.15) is 0 Å². The van der Waals surface area contributed by atoms with Gasteiger partial charge in [-0.05, 0) is 32.2 Å². The number of likely N-dealkylation sites (N-methyl/N-ethyl adjacent to an activating group) is 1. The van der Waals surface area contributed by atoms with E-state index in [1.807, 2.05) is 6.92 Å². The molecule has 0 aromatic carbocycles. The summed E-state index contributed by atoms with van der Waals surface area (Å²) in [4.78, 5) is 0. The fraction of sp³-hybridized carbons (Fsp3) is 1.00. The fourth-order valence-electron chi connectivity index (χ4n) is 2.76. The molecule has 6 heteroatoms. The van der Waals surface area contributed by atoms with Crippen LogP contribution in [0.25, 0.3) is 0 Å². The molecule has 0 spiro atoms. The molecular weight excluding hydrogens is 252 g/mol. The highest BCUT2D eigenvalue weighted by atomic mass is 32.2. The van der Waals surface area contributed by atoms with Crippen molar-refractivity contribution in [2.75, 3.05) is 32.8 Å². The van der Waals surface area contributed by atoms with Crippen molar-refractivity contribution in [3.63, 3.8) is 0 Å². The van der Waals surface area contributed by atoms with Gasteiger partial charge in [-0.15, -0.1) is 0 Å². The van der Waals surface area contributed by atoms with Crippen molar-refractivity contribution >= 4 is 10.0 Å². The zero-order valence-electron chi connectivity index (χ0n) is 11.1. The summed E-state index contributed by atoms with van der Waals surface area (Å²) < 4.78 is 32.0. The van der Waals surface area contributed by atoms with Crippen LogP contribution in [0.15, 0.2) is 0 Å². The zero-order valence-corrected chi connectivity index (χ0v) is 11.9. The molecular formula is C12H24N2O3S. The van der Waals surface area contributed by atoms with Gasteiger partial charge in [0.15, 0.2) is 0 Å². The monoisotopic (exact) mass is 276 g/mol. The van der Waals surface area contributed by atoms with Crippen LogP contribution in [0.5, 0.6) is 0 Å². The molecule has 106 valence electrons. The lowest BCUT2D eigenvalue weighted by Crippen LogP contribution is -2.46. The first-order chi connectivity index (χ1) is 8.64. The van der Waals surface area contributed by atoms with Crippen molar-refractivity contribution in [2.24, 2.45) is 0 Å². The van der Waals surface area contributed by atoms with Gasteiger partial charge in [0.25, 0.3) is 0 Å². The Balaban J connectivity index is 1.99. The van der Waals surface area contributed by atoms with Gasteiger partial charge in [0.1, 0.15) is 0 Å². The van der Waals surface area contributed by atoms with Crippen molar-refractivity contribution in [3.8, 4) is 0 Å². The molecule has 2 aliphatic rings. The predicted octanol–water partition coefficient (Wildman–Crippen LogP) is 0.569. The molecule has 1 atom stereocenters. The van der Waals surface area contributed by atoms with Crippen LogP contribution in [-0.2, 0) is 14.8 Å². The summed E-state index contributed by atoms with van der Waals surface area (Å²) in [5, 5.41) is 3.12. The molecule has 0 bridgehead atoms. The number of ether oxygens (including phenoxy) is 1. The predicted molar refractivity (Wildman–Crippen MR) is 71.0 cm³/mol. The van der Waals surface area contributed by atoms with Crippen LogP contribution in [-0.4, -0.2) is 56.9 Å². The molecule has 0 aliphatic carbocycles. The van der Waals surface area contributed by atoms with Gasteiger partial charge in [0.2, 0.25) is 10.0 Å². The number of nitrogens with zero attached hydrogens (tertiary/aromatic N) is 1. The van der Waals surface area contributed by atoms with E-state index in [9.17, 15) is 8.42 Å². The second kappa shape index (κ2) is 6.32. The third-order valence-corrected chi connectivity index (χ3v) is 6.33. The summed E-state index contributed by atoms with van der Waals surface area (Å²) in [5.41, 5.74) is 0. The highest BCUT2D eigenvalue weighted by Gasteiger charge is 2.34. The quantitative estimate of drug-likeness (QED) is 0.797. The molecule has 2 saturated heterocycles. The lowest BCUT2D eigenvalue weighted by molar-refractivity contribution is 0.0971. The van der Waals surface area contributed by atoms with Gasteiger partial charge in [0, 0.05) is 32.3 Å². The molecule has 5 nitrogen and oxygen atoms in total. The molecule has 2 fully saturated rings. The van der Waals surface area contributed by atoms with Crippen LogP contribution in [0, 0.1) is 0 Å². The second-order valence-corrected chi connectivity index (χ2v) is 7.31. The van der Waals surface area contributed by atoms with Crippen LogP contribution in [0.2, 0.25) is 0 Å². The van der Waals surface area contributed by atoms with E-state index < -0.39 is 10.0 Å². The number of sulfonamides is 1. The van der Waals surface area contributed by atoms with Crippen LogP contribution in [0.1, 0.15) is 32.6 Å². The Labute approximate surface area is 110 Å². The molecule has 1 unspecified atom stereocenters. The van der Waals surface area contributed by atoms with Gasteiger partial charge in [-0.25, -0.2) is 12.7 Å². The normalized spacial score (nSPS) is 26.9. The van der Waals surface area contributed by atoms with Crippen molar-refractivity contribution < 1.29 is 13.2 Å². The Kier molecular flexibility index (Phi) is 5.00. The van der Waals surface area contributed by atoms with Gasteiger partial charge in [0.05, 0.1) is 5.25 Å². The number of hydrogen-bond acceptors (Lipinski definition) is 4. The van der Waals surface area contributed by atoms with E-state index in [1.54, 1.807) is 4.31 Å². The van der Waals surface area contributed by atoms with E-state index in [2.05, 4.69) is 5.32 Å². The molecule has 2 heterocycles. The Morgan fingerprint density at radius 1 is 1.28 bits per heavy atom. The van der Waals surface area contributed by atoms with Crippen LogP contribution >= 0.6 is 0 Å². The molecule has 0 saturated carbocycles. The second-order valence-electron chi connectivity index (χ2n) is 5.10. The van der Waals surface area contributed by atoms with Gasteiger partial charge in [-0.1, -0.05) is 6.92 Å². The van der Waals surface area contributed by atoms with E-state index in [0.717, 1.165) is 19.4 Å². The minimum absolute atomic E-state index is 0.243. The van der Waals surface area contributed by atoms with Crippen molar-refractivity contribution in [1.82, 2.24) is 9.62 Å². The summed E-state index contributed by atoms with van der Waals surface area (Å²) in [5.74, 6) is 0. The third-order valence-electron chi connectivity index (χ3n) is 3.89. The number of rotatable bonds is 5. The average Bonchev–Trinajstić information content (AvgIpc) is 2.89. The number of hydrogen-bond donors (Lipinski definition) is 1. The van der Waals surface area contributed by atoms with E-state index >= 15 is 0 Å². The van der Waals surface area contributed by atoms with Crippen LogP contribution in [0.3, 0.4) is 0 Å². The highest BCUT2D eigenvalue weighted by molar-refractivity contribution is 7.89. The third kappa shape index (κ3) is 3.23. The standard InChI is InChI=1S/C12H24N2O3S/c1-2-14(10-11-4-3-7-13-11)18(15,16)12-5-8-17-9-6-12/h11-13H,2-10H2,1H3. The first-order valence-electron chi connectivity index (χ1n) is 6.94. The van der Waals surface area contributed by atoms with Crippen molar-refractivity contribution in [1.29, 1.82) is 0 Å². The summed E-state index contributed by atoms with van der Waals surface area (Å²) >= 11 is 0. The van der Waals surface area contributed by atoms with E-state index in [1.165, 1.54) is 0 Å². The SMILES string of the molecule is CCN(CC1CCCN1)S(=O)(=O)C1CCOCC1. The molecule has 2 rings (SSSR count). The first kappa shape index (κ1) is 14.2. The Hall–Kier alpha value is -0.170. The highest BCUT2D eigenvalue weighted by Crippen LogP contribution is 2.20. The molecule has 0 amide bonds. The Morgan fingerprint density at radius 2 is 2.00 bits per heavy atom. The Morgan fingerprint density at radius 3 is 2.56 bits per heavy atom. The maximum Gasteiger partial charge on any atom is 0.217 e. The maximum atomic E-state index is 12.5. The Bertz CT molecular complexity index is 346. The van der Waals surface area contributed by atoms with Gasteiger partial charge in [-0.3, -0.25) is 0 Å². The summed E-state index contributed by atoms with van der Waals surface area (Å²) in [7, 11) is -3.15. The van der Waals surface area contributed by atoms with Gasteiger partial charge < -0.3 is 10.1 Å². The topological polar surface area (TPSA) is 58.6 Å². The number of nitrogens with one attached hydrogen (secondary N) is 1. The van der Waals surface area contributed by atoms with E-state index in [4.69, 9.17) is 4.74 Å². The summed E-state index contributed by atoms with van der Waals surface area (Å²) in [6.45, 7) is 5.27. The van der Waals surface area contributed by atoms with Gasteiger partial charge >= 0.3 is 0 Å². The summed E-state index contributed by atoms with van der Waals surface area (Å²) in [6.07, 6.45) is 3.51. The summed E-state index contributed by atoms with van der Waals surface area (Å²) in [6, 6.07) is 0.333. The van der Waals surface area contributed by atoms with E-state index in [0.29, 0.717) is 45.2 Å². The maximum absolute atomic E-state index is 12.5. The van der Waals surface area contributed by atoms with E-state index in [-0.39, 0.29) is 5.25 Å². The van der Waals surface area contributed by atoms with Crippen molar-refractivity contribution in [2.45, 2.75) is 43.9 Å². The molecule has 2 aliphatic heterocycles. The molecule has 18 heavy (non-hydrogen) atoms. The minimum atomic E-state index is -3.15. The first-order valence-corrected chi connectivity index (χ1v) is 8.45. The minimum Gasteiger partial charge on any atom is -0.381 e. The lowest BCUT2D eigenvalue weighted by Gasteiger charge is -2.30. The van der Waals surface area contributed by atoms with Crippen LogP contribution < -0.4 is 5.32 Å². The van der Waals surface area contributed by atoms with Crippen molar-refractivity contribution in [3.05, 3.63) is 0 Å². The largest absolute Gasteiger partial charge is 0.381 e. The lowest BCUT2D eigenvalue weighted by atomic mass is 10.2. The molecule has 1 N–H and O–H groups in total. The molecule has 0 aromatic heterocycles. The molecule has 0 radical (unpaired) electrons. The van der Waals surface area contributed by atoms with Crippen LogP contribution in [0.4, 0.5) is 0 Å². The smallest absolute Gasteiger partial charge is 0.217 e. The molecule has 0 aromatic rings. The average molecular weight is 276 g/mol. The fourth-order valence-corrected chi connectivity index (χ4v) is 4.71.